The van der Waals surface area contributed by atoms with Crippen molar-refractivity contribution in [3.63, 3.8) is 0 Å². The molecule has 0 spiro atoms. The van der Waals surface area contributed by atoms with Crippen LogP contribution in [0.5, 0.6) is 17.2 Å². The molecule has 23 heavy (non-hydrogen) atoms. The van der Waals surface area contributed by atoms with Gasteiger partial charge >= 0.3 is 0 Å². The van der Waals surface area contributed by atoms with Crippen LogP contribution in [0.15, 0.2) is 52.4 Å². The molecule has 0 saturated heterocycles. The third kappa shape index (κ3) is 4.85. The highest BCUT2D eigenvalue weighted by atomic mass is 16.3. The zero-order valence-electron chi connectivity index (χ0n) is 13.0. The molecule has 3 N–H and O–H groups in total. The number of nitrogens with zero attached hydrogens (tertiary/aromatic N) is 2. The molecule has 0 fully saturated rings. The van der Waals surface area contributed by atoms with Crippen LogP contribution in [-0.4, -0.2) is 40.3 Å². The molecule has 0 unspecified atom stereocenters. The third-order valence-corrected chi connectivity index (χ3v) is 3.33. The fourth-order valence-corrected chi connectivity index (χ4v) is 2.08. The Bertz CT molecular complexity index is 724. The highest BCUT2D eigenvalue weighted by Crippen LogP contribution is 2.23. The third-order valence-electron chi connectivity index (χ3n) is 3.33. The number of hydrogen-bond acceptors (Lipinski definition) is 5. The van der Waals surface area contributed by atoms with Crippen molar-refractivity contribution in [1.82, 2.24) is 0 Å². The van der Waals surface area contributed by atoms with Gasteiger partial charge in [0.05, 0.1) is 0 Å². The summed E-state index contributed by atoms with van der Waals surface area (Å²) in [6.45, 7) is 3.01. The van der Waals surface area contributed by atoms with E-state index in [9.17, 15) is 15.3 Å². The molecule has 0 aliphatic heterocycles. The molecule has 0 aliphatic carbocycles. The fourth-order valence-electron chi connectivity index (χ4n) is 2.08. The van der Waals surface area contributed by atoms with Crippen molar-refractivity contribution in [3.05, 3.63) is 53.6 Å². The van der Waals surface area contributed by atoms with Crippen LogP contribution in [0.25, 0.3) is 0 Å². The molecule has 120 valence electrons. The predicted octanol–water partition coefficient (Wildman–Crippen LogP) is 3.12. The monoisotopic (exact) mass is 312 g/mol. The van der Waals surface area contributed by atoms with E-state index in [1.807, 2.05) is 13.0 Å². The van der Waals surface area contributed by atoms with E-state index in [2.05, 4.69) is 9.98 Å². The largest absolute Gasteiger partial charge is 0.508 e. The lowest BCUT2D eigenvalue weighted by atomic mass is 10.1. The summed E-state index contributed by atoms with van der Waals surface area (Å²) in [4.78, 5) is 8.66. The molecule has 0 atom stereocenters. The van der Waals surface area contributed by atoms with E-state index in [1.165, 1.54) is 12.1 Å². The van der Waals surface area contributed by atoms with Gasteiger partial charge in [0.15, 0.2) is 0 Å². The Labute approximate surface area is 135 Å². The van der Waals surface area contributed by atoms with Crippen molar-refractivity contribution in [2.75, 3.05) is 13.1 Å². The topological polar surface area (TPSA) is 85.4 Å². The van der Waals surface area contributed by atoms with E-state index in [1.54, 1.807) is 30.5 Å². The summed E-state index contributed by atoms with van der Waals surface area (Å²) in [7, 11) is 0. The quantitative estimate of drug-likeness (QED) is 0.566. The minimum absolute atomic E-state index is 0.0174. The van der Waals surface area contributed by atoms with E-state index < -0.39 is 0 Å². The van der Waals surface area contributed by atoms with Crippen molar-refractivity contribution in [1.29, 1.82) is 0 Å². The van der Waals surface area contributed by atoms with E-state index in [0.29, 0.717) is 29.9 Å². The molecule has 2 aromatic carbocycles. The van der Waals surface area contributed by atoms with Gasteiger partial charge in [0.1, 0.15) is 17.2 Å². The zero-order valence-corrected chi connectivity index (χ0v) is 13.0. The van der Waals surface area contributed by atoms with E-state index in [-0.39, 0.29) is 17.2 Å². The number of phenols is 3. The molecule has 0 heterocycles. The normalized spacial score (nSPS) is 12.0. The van der Waals surface area contributed by atoms with Gasteiger partial charge in [0.25, 0.3) is 0 Å². The van der Waals surface area contributed by atoms with Gasteiger partial charge in [-0.1, -0.05) is 12.1 Å². The van der Waals surface area contributed by atoms with E-state index in [0.717, 1.165) is 6.42 Å². The highest BCUT2D eigenvalue weighted by molar-refractivity contribution is 6.01. The molecular formula is C18H20N2O3. The van der Waals surface area contributed by atoms with Crippen molar-refractivity contribution in [3.8, 4) is 17.2 Å². The average Bonchev–Trinajstić information content (AvgIpc) is 2.52. The van der Waals surface area contributed by atoms with Crippen LogP contribution in [0.2, 0.25) is 0 Å². The second kappa shape index (κ2) is 7.98. The molecule has 0 aliphatic rings. The number of rotatable bonds is 6. The molecule has 0 amide bonds. The fraction of sp³-hybridized carbons (Fsp3) is 0.222. The van der Waals surface area contributed by atoms with Crippen molar-refractivity contribution >= 4 is 11.9 Å². The summed E-state index contributed by atoms with van der Waals surface area (Å²) >= 11 is 0. The van der Waals surface area contributed by atoms with Crippen molar-refractivity contribution in [2.24, 2.45) is 9.98 Å². The maximum absolute atomic E-state index is 9.77. The molecule has 0 aromatic heterocycles. The van der Waals surface area contributed by atoms with Crippen LogP contribution in [0.1, 0.15) is 24.5 Å². The number of hydrogen-bond donors (Lipinski definition) is 3. The number of phenolic OH excluding ortho intramolecular Hbond substituents is 3. The van der Waals surface area contributed by atoms with E-state index in [4.69, 9.17) is 0 Å². The molecule has 0 bridgehead atoms. The Morgan fingerprint density at radius 2 is 1.78 bits per heavy atom. The van der Waals surface area contributed by atoms with Crippen LogP contribution >= 0.6 is 0 Å². The maximum Gasteiger partial charge on any atom is 0.128 e. The number of para-hydroxylation sites is 1. The van der Waals surface area contributed by atoms with Crippen LogP contribution < -0.4 is 0 Å². The first-order chi connectivity index (χ1) is 11.1. The summed E-state index contributed by atoms with van der Waals surface area (Å²) in [6, 6.07) is 11.5. The first-order valence-electron chi connectivity index (χ1n) is 7.39. The molecule has 2 aromatic rings. The second-order valence-electron chi connectivity index (χ2n) is 5.12. The SMILES string of the molecule is CC(=NCCCN=Cc1ccccc1O)c1ccc(O)cc1O. The molecular weight excluding hydrogens is 292 g/mol. The molecule has 0 radical (unpaired) electrons. The van der Waals surface area contributed by atoms with Crippen LogP contribution in [-0.2, 0) is 0 Å². The summed E-state index contributed by atoms with van der Waals surface area (Å²) < 4.78 is 0. The molecule has 0 saturated carbocycles. The van der Waals surface area contributed by atoms with Crippen LogP contribution in [0.4, 0.5) is 0 Å². The van der Waals surface area contributed by atoms with Gasteiger partial charge in [-0.05, 0) is 37.6 Å². The summed E-state index contributed by atoms with van der Waals surface area (Å²) in [6.07, 6.45) is 2.41. The second-order valence-corrected chi connectivity index (χ2v) is 5.12. The van der Waals surface area contributed by atoms with Gasteiger partial charge in [-0.25, -0.2) is 0 Å². The first kappa shape index (κ1) is 16.5. The predicted molar refractivity (Wildman–Crippen MR) is 92.0 cm³/mol. The summed E-state index contributed by atoms with van der Waals surface area (Å²) in [5.74, 6) is 0.259. The lowest BCUT2D eigenvalue weighted by Crippen LogP contribution is -1.98. The number of aliphatic imine (C=N–C) groups is 2. The van der Waals surface area contributed by atoms with E-state index >= 15 is 0 Å². The van der Waals surface area contributed by atoms with Gasteiger partial charge in [0.2, 0.25) is 0 Å². The zero-order chi connectivity index (χ0) is 16.7. The Morgan fingerprint density at radius 3 is 2.52 bits per heavy atom. The lowest BCUT2D eigenvalue weighted by Gasteiger charge is -2.04. The van der Waals surface area contributed by atoms with Crippen LogP contribution in [0.3, 0.4) is 0 Å². The number of aromatic hydroxyl groups is 3. The minimum atomic E-state index is 0.0174. The molecule has 5 heteroatoms. The summed E-state index contributed by atoms with van der Waals surface area (Å²) in [5.41, 5.74) is 2.02. The first-order valence-corrected chi connectivity index (χ1v) is 7.39. The van der Waals surface area contributed by atoms with Crippen molar-refractivity contribution < 1.29 is 15.3 Å². The van der Waals surface area contributed by atoms with Crippen LogP contribution in [0, 0.1) is 0 Å². The average molecular weight is 312 g/mol. The van der Waals surface area contributed by atoms with Crippen molar-refractivity contribution in [2.45, 2.75) is 13.3 Å². The summed E-state index contributed by atoms with van der Waals surface area (Å²) in [5, 5.41) is 28.6. The molecule has 2 rings (SSSR count). The van der Waals surface area contributed by atoms with Gasteiger partial charge in [-0.15, -0.1) is 0 Å². The Kier molecular flexibility index (Phi) is 5.74. The Balaban J connectivity index is 1.83. The van der Waals surface area contributed by atoms with Gasteiger partial charge in [-0.2, -0.15) is 0 Å². The number of benzene rings is 2. The standard InChI is InChI=1S/C18H20N2O3/c1-13(16-8-7-15(21)11-18(16)23)20-10-4-9-19-12-14-5-2-3-6-17(14)22/h2-3,5-8,11-12,21-23H,4,9-10H2,1H3. The van der Waals surface area contributed by atoms with Gasteiger partial charge < -0.3 is 15.3 Å². The Hall–Kier alpha value is -2.82. The maximum atomic E-state index is 9.77. The van der Waals surface area contributed by atoms with Gasteiger partial charge in [0, 0.05) is 42.2 Å². The lowest BCUT2D eigenvalue weighted by molar-refractivity contribution is 0.450. The smallest absolute Gasteiger partial charge is 0.128 e. The highest BCUT2D eigenvalue weighted by Gasteiger charge is 2.04. The Morgan fingerprint density at radius 1 is 1.00 bits per heavy atom. The van der Waals surface area contributed by atoms with Gasteiger partial charge in [-0.3, -0.25) is 9.98 Å². The minimum Gasteiger partial charge on any atom is -0.508 e. The molecule has 5 nitrogen and oxygen atoms in total.